The molecule has 0 unspecified atom stereocenters. The Balaban J connectivity index is 1.38. The van der Waals surface area contributed by atoms with Crippen molar-refractivity contribution >= 4 is 29.3 Å². The van der Waals surface area contributed by atoms with Gasteiger partial charge in [0.2, 0.25) is 0 Å². The van der Waals surface area contributed by atoms with Gasteiger partial charge in [0.1, 0.15) is 40.8 Å². The van der Waals surface area contributed by atoms with Crippen molar-refractivity contribution in [3.8, 4) is 11.4 Å². The average Bonchev–Trinajstić information content (AvgIpc) is 3.55. The zero-order chi connectivity index (χ0) is 44.4. The molecule has 6 rings (SSSR count). The lowest BCUT2D eigenvalue weighted by Crippen LogP contribution is -2.60. The van der Waals surface area contributed by atoms with Gasteiger partial charge in [0.25, 0.3) is 0 Å². The number of aliphatic hydroxyl groups is 1. The van der Waals surface area contributed by atoms with Crippen molar-refractivity contribution in [3.63, 3.8) is 0 Å². The van der Waals surface area contributed by atoms with Crippen LogP contribution in [0.25, 0.3) is 11.4 Å². The molecule has 0 aromatic carbocycles. The molecule has 2 aromatic rings. The minimum Gasteiger partial charge on any atom is -0.458 e. The molecule has 2 aromatic heterocycles. The number of aliphatic hydroxyl groups excluding tert-OH is 1. The Morgan fingerprint density at radius 3 is 2.48 bits per heavy atom. The molecule has 17 heteroatoms. The van der Waals surface area contributed by atoms with Gasteiger partial charge in [0.15, 0.2) is 12.9 Å². The summed E-state index contributed by atoms with van der Waals surface area (Å²) in [6.07, 6.45) is -0.840. The molecule has 61 heavy (non-hydrogen) atoms. The molecule has 4 aliphatic rings. The quantitative estimate of drug-likeness (QED) is 0.282. The number of carbonyl (C=O) groups is 3. The number of oxime groups is 1. The molecule has 0 spiro atoms. The standard InChI is InChI=1S/C44H64N6O11/c1-11-34-44(8)30(16-36(51)61-44)25(4)37(52)23(2)17-43(7)40(60-42-38(53)33(50(9)10)15-24(3)58-42)26(5)39(27(6)41(54)59-34)55-20-29(21-56-43)49-57-22-28-13-12-14-31(47-28)32-18-46-19-35(45)48-32/h12-14,18-19,23-27,30,33-34,38-40,42,53H,11,15-17,20-22H2,1-10H3,(H2,45,48)/b49-29-/t23-,24-,25-,26+,27-,30+,33+,34-,38-,39+,40-,42+,43-,44+/m1/s1. The molecule has 0 saturated carbocycles. The van der Waals surface area contributed by atoms with Gasteiger partial charge >= 0.3 is 11.9 Å². The molecule has 2 bridgehead atoms. The number of ketones is 1. The second-order valence-corrected chi connectivity index (χ2v) is 18.0. The molecule has 4 aliphatic heterocycles. The van der Waals surface area contributed by atoms with Gasteiger partial charge in [0, 0.05) is 29.7 Å². The lowest BCUT2D eigenvalue weighted by molar-refractivity contribution is -0.302. The highest BCUT2D eigenvalue weighted by molar-refractivity contribution is 5.87. The van der Waals surface area contributed by atoms with Gasteiger partial charge in [-0.15, -0.1) is 0 Å². The highest BCUT2D eigenvalue weighted by Crippen LogP contribution is 2.46. The van der Waals surface area contributed by atoms with Gasteiger partial charge in [-0.05, 0) is 73.2 Å². The number of cyclic esters (lactones) is 1. The molecule has 3 N–H and O–H groups in total. The van der Waals surface area contributed by atoms with Crippen LogP contribution in [0.3, 0.4) is 0 Å². The number of nitrogens with two attached hydrogens (primary N) is 1. The maximum absolute atomic E-state index is 14.6. The van der Waals surface area contributed by atoms with Crippen molar-refractivity contribution in [2.24, 2.45) is 34.7 Å². The number of aromatic nitrogens is 3. The number of hydrogen-bond donors (Lipinski definition) is 2. The Morgan fingerprint density at radius 2 is 1.77 bits per heavy atom. The summed E-state index contributed by atoms with van der Waals surface area (Å²) in [6.45, 7) is 14.5. The van der Waals surface area contributed by atoms with E-state index in [2.05, 4.69) is 20.1 Å². The number of likely N-dealkylation sites (N-methyl/N-ethyl adjacent to an activating group) is 1. The number of fused-ring (bicyclic) bond motifs is 4. The van der Waals surface area contributed by atoms with Gasteiger partial charge < -0.3 is 49.0 Å². The van der Waals surface area contributed by atoms with Crippen molar-refractivity contribution in [1.29, 1.82) is 0 Å². The van der Waals surface area contributed by atoms with Gasteiger partial charge in [-0.1, -0.05) is 38.9 Å². The number of nitrogen functional groups attached to an aromatic ring is 1. The zero-order valence-corrected chi connectivity index (χ0v) is 37.1. The third-order valence-electron chi connectivity index (χ3n) is 13.1. The van der Waals surface area contributed by atoms with Crippen molar-refractivity contribution in [2.75, 3.05) is 33.0 Å². The summed E-state index contributed by atoms with van der Waals surface area (Å²) in [6, 6.07) is 5.13. The minimum atomic E-state index is -1.27. The topological polar surface area (TPSA) is 216 Å². The lowest BCUT2D eigenvalue weighted by atomic mass is 9.70. The van der Waals surface area contributed by atoms with E-state index in [0.717, 1.165) is 0 Å². The van der Waals surface area contributed by atoms with Crippen LogP contribution in [-0.2, 0) is 54.2 Å². The third-order valence-corrected chi connectivity index (χ3v) is 13.1. The van der Waals surface area contributed by atoms with Crippen LogP contribution in [0.4, 0.5) is 5.82 Å². The Hall–Kier alpha value is -4.13. The minimum absolute atomic E-state index is 0.00683. The van der Waals surface area contributed by atoms with Gasteiger partial charge in [-0.3, -0.25) is 19.4 Å². The number of Topliss-reactive ketones (excluding diaryl/α,β-unsaturated/α-hetero) is 1. The van der Waals surface area contributed by atoms with Crippen LogP contribution < -0.4 is 5.73 Å². The summed E-state index contributed by atoms with van der Waals surface area (Å²) in [7, 11) is 3.80. The van der Waals surface area contributed by atoms with Crippen LogP contribution in [0.5, 0.6) is 0 Å². The highest BCUT2D eigenvalue weighted by atomic mass is 16.7. The first-order valence-corrected chi connectivity index (χ1v) is 21.4. The van der Waals surface area contributed by atoms with Crippen LogP contribution in [0.2, 0.25) is 0 Å². The molecular weight excluding hydrogens is 789 g/mol. The fourth-order valence-corrected chi connectivity index (χ4v) is 9.80. The fourth-order valence-electron chi connectivity index (χ4n) is 9.80. The molecule has 14 atom stereocenters. The maximum atomic E-state index is 14.6. The molecular formula is C44H64N6O11. The van der Waals surface area contributed by atoms with E-state index in [9.17, 15) is 19.5 Å². The summed E-state index contributed by atoms with van der Waals surface area (Å²) in [5, 5.41) is 16.2. The van der Waals surface area contributed by atoms with E-state index < -0.39 is 83.4 Å². The molecule has 4 fully saturated rings. The number of nitrogens with zero attached hydrogens (tertiary/aromatic N) is 5. The van der Waals surface area contributed by atoms with E-state index >= 15 is 0 Å². The summed E-state index contributed by atoms with van der Waals surface area (Å²) in [5.74, 6) is -4.14. The Bertz CT molecular complexity index is 1920. The monoisotopic (exact) mass is 852 g/mol. The van der Waals surface area contributed by atoms with E-state index in [1.54, 1.807) is 32.2 Å². The van der Waals surface area contributed by atoms with Crippen LogP contribution >= 0.6 is 0 Å². The fraction of sp³-hybridized carbons (Fsp3) is 0.705. The number of anilines is 1. The first-order valence-electron chi connectivity index (χ1n) is 21.4. The molecule has 0 aliphatic carbocycles. The highest BCUT2D eigenvalue weighted by Gasteiger charge is 2.57. The summed E-state index contributed by atoms with van der Waals surface area (Å²) < 4.78 is 39.0. The first-order chi connectivity index (χ1) is 28.8. The molecule has 4 saturated heterocycles. The second-order valence-electron chi connectivity index (χ2n) is 18.0. The largest absolute Gasteiger partial charge is 0.458 e. The number of carbonyl (C=O) groups excluding carboxylic acids is 3. The normalized spacial score (nSPS) is 38.5. The number of pyridine rings is 1. The average molecular weight is 853 g/mol. The second kappa shape index (κ2) is 19.1. The van der Waals surface area contributed by atoms with E-state index in [-0.39, 0.29) is 56.4 Å². The van der Waals surface area contributed by atoms with Crippen molar-refractivity contribution in [1.82, 2.24) is 19.9 Å². The summed E-state index contributed by atoms with van der Waals surface area (Å²) in [5.41, 5.74) is 5.35. The van der Waals surface area contributed by atoms with Crippen molar-refractivity contribution < 1.29 is 52.7 Å². The van der Waals surface area contributed by atoms with Crippen LogP contribution in [0, 0.1) is 29.6 Å². The lowest BCUT2D eigenvalue weighted by Gasteiger charge is -2.48. The van der Waals surface area contributed by atoms with Gasteiger partial charge in [-0.2, -0.15) is 0 Å². The predicted molar refractivity (Wildman–Crippen MR) is 222 cm³/mol. The zero-order valence-electron chi connectivity index (χ0n) is 37.1. The van der Waals surface area contributed by atoms with Gasteiger partial charge in [-0.25, -0.2) is 9.97 Å². The molecule has 336 valence electrons. The van der Waals surface area contributed by atoms with E-state index in [1.165, 1.54) is 6.20 Å². The van der Waals surface area contributed by atoms with Crippen LogP contribution in [-0.4, -0.2) is 130 Å². The maximum Gasteiger partial charge on any atom is 0.311 e. The van der Waals surface area contributed by atoms with Crippen LogP contribution in [0.15, 0.2) is 35.7 Å². The van der Waals surface area contributed by atoms with Gasteiger partial charge in [0.05, 0.1) is 73.2 Å². The van der Waals surface area contributed by atoms with E-state index in [0.29, 0.717) is 35.6 Å². The van der Waals surface area contributed by atoms with Crippen molar-refractivity contribution in [2.45, 2.75) is 142 Å². The smallest absolute Gasteiger partial charge is 0.311 e. The molecule has 6 heterocycles. The SMILES string of the molecule is CC[C@H]1OC(=O)[C@H](C)[C@H]2OC/C(=N/OCc3cccc(-c4cncc(N)n4)n3)CO[C@](C)(C[C@@H](C)C(=O)[C@H](C)[C@@H]3CC(=O)O[C@]13C)[C@H](O[C@@H]1O[C@H](C)C[C@H](N(C)C)[C@H]1O)[C@H]2C. The van der Waals surface area contributed by atoms with E-state index in [4.69, 9.17) is 39.0 Å². The Labute approximate surface area is 358 Å². The number of ether oxygens (including phenoxy) is 6. The molecule has 0 amide bonds. The van der Waals surface area contributed by atoms with E-state index in [1.807, 2.05) is 66.6 Å². The first kappa shape index (κ1) is 46.4. The Morgan fingerprint density at radius 1 is 1.02 bits per heavy atom. The molecule has 17 nitrogen and oxygen atoms in total. The number of rotatable bonds is 8. The predicted octanol–water partition coefficient (Wildman–Crippen LogP) is 4.14. The third kappa shape index (κ3) is 10.1. The molecule has 0 radical (unpaired) electrons. The summed E-state index contributed by atoms with van der Waals surface area (Å²) in [4.78, 5) is 62.8. The number of hydrogen-bond acceptors (Lipinski definition) is 17. The van der Waals surface area contributed by atoms with Crippen LogP contribution in [0.1, 0.15) is 86.8 Å². The summed E-state index contributed by atoms with van der Waals surface area (Å²) >= 11 is 0. The Kier molecular flexibility index (Phi) is 14.5. The van der Waals surface area contributed by atoms with Crippen molar-refractivity contribution in [3.05, 3.63) is 36.3 Å². The number of esters is 2.